The molecule has 0 aliphatic rings. The van der Waals surface area contributed by atoms with Gasteiger partial charge in [0.15, 0.2) is 11.6 Å². The Morgan fingerprint density at radius 1 is 1.47 bits per heavy atom. The molecule has 1 heterocycles. The Morgan fingerprint density at radius 3 is 2.94 bits per heavy atom. The van der Waals surface area contributed by atoms with Crippen molar-refractivity contribution in [1.29, 1.82) is 0 Å². The SMILES string of the molecule is COc1cccc(Cn2cc(CN)nn2)c1F. The van der Waals surface area contributed by atoms with Gasteiger partial charge in [0.2, 0.25) is 0 Å². The maximum Gasteiger partial charge on any atom is 0.170 e. The summed E-state index contributed by atoms with van der Waals surface area (Å²) in [6.45, 7) is 0.622. The van der Waals surface area contributed by atoms with Gasteiger partial charge in [0.1, 0.15) is 0 Å². The summed E-state index contributed by atoms with van der Waals surface area (Å²) < 4.78 is 20.3. The highest BCUT2D eigenvalue weighted by Crippen LogP contribution is 2.20. The van der Waals surface area contributed by atoms with Crippen molar-refractivity contribution in [3.8, 4) is 5.75 Å². The van der Waals surface area contributed by atoms with E-state index in [1.165, 1.54) is 7.11 Å². The van der Waals surface area contributed by atoms with E-state index >= 15 is 0 Å². The molecule has 1 aromatic carbocycles. The first-order chi connectivity index (χ1) is 8.24. The van der Waals surface area contributed by atoms with E-state index in [1.807, 2.05) is 0 Å². The largest absolute Gasteiger partial charge is 0.494 e. The van der Waals surface area contributed by atoms with Crippen LogP contribution in [-0.2, 0) is 13.1 Å². The smallest absolute Gasteiger partial charge is 0.170 e. The van der Waals surface area contributed by atoms with Crippen LogP contribution in [0.4, 0.5) is 4.39 Å². The van der Waals surface area contributed by atoms with Crippen molar-refractivity contribution in [3.63, 3.8) is 0 Å². The van der Waals surface area contributed by atoms with Gasteiger partial charge in [-0.25, -0.2) is 9.07 Å². The van der Waals surface area contributed by atoms with E-state index in [1.54, 1.807) is 29.1 Å². The first kappa shape index (κ1) is 11.5. The van der Waals surface area contributed by atoms with Crippen molar-refractivity contribution in [3.05, 3.63) is 41.5 Å². The monoisotopic (exact) mass is 236 g/mol. The fraction of sp³-hybridized carbons (Fsp3) is 0.273. The minimum Gasteiger partial charge on any atom is -0.494 e. The summed E-state index contributed by atoms with van der Waals surface area (Å²) >= 11 is 0. The minimum absolute atomic E-state index is 0.224. The zero-order valence-corrected chi connectivity index (χ0v) is 9.43. The van der Waals surface area contributed by atoms with Gasteiger partial charge in [-0.3, -0.25) is 0 Å². The molecule has 2 rings (SSSR count). The maximum absolute atomic E-state index is 13.8. The molecule has 2 aromatic rings. The van der Waals surface area contributed by atoms with Crippen LogP contribution < -0.4 is 10.5 Å². The second-order valence-corrected chi connectivity index (χ2v) is 3.54. The van der Waals surface area contributed by atoms with Crippen molar-refractivity contribution in [2.45, 2.75) is 13.1 Å². The Hall–Kier alpha value is -1.95. The molecule has 0 bridgehead atoms. The average Bonchev–Trinajstić information content (AvgIpc) is 2.79. The highest BCUT2D eigenvalue weighted by Gasteiger charge is 2.09. The molecule has 0 unspecified atom stereocenters. The van der Waals surface area contributed by atoms with Gasteiger partial charge in [0.05, 0.1) is 25.5 Å². The molecule has 6 heteroatoms. The van der Waals surface area contributed by atoms with Crippen LogP contribution in [0.5, 0.6) is 5.75 Å². The van der Waals surface area contributed by atoms with Crippen molar-refractivity contribution in [1.82, 2.24) is 15.0 Å². The minimum atomic E-state index is -0.375. The van der Waals surface area contributed by atoms with Crippen LogP contribution in [0.15, 0.2) is 24.4 Å². The normalized spacial score (nSPS) is 10.5. The van der Waals surface area contributed by atoms with Crippen molar-refractivity contribution in [2.24, 2.45) is 5.73 Å². The summed E-state index contributed by atoms with van der Waals surface area (Å²) in [5.41, 5.74) is 6.59. The third kappa shape index (κ3) is 2.42. The van der Waals surface area contributed by atoms with E-state index in [0.29, 0.717) is 24.3 Å². The van der Waals surface area contributed by atoms with Crippen LogP contribution in [-0.4, -0.2) is 22.1 Å². The van der Waals surface area contributed by atoms with Crippen molar-refractivity contribution >= 4 is 0 Å². The van der Waals surface area contributed by atoms with Crippen LogP contribution in [0.3, 0.4) is 0 Å². The fourth-order valence-corrected chi connectivity index (χ4v) is 1.52. The molecule has 0 aliphatic heterocycles. The van der Waals surface area contributed by atoms with E-state index in [4.69, 9.17) is 10.5 Å². The number of hydrogen-bond donors (Lipinski definition) is 1. The van der Waals surface area contributed by atoms with Gasteiger partial charge in [0.25, 0.3) is 0 Å². The fourth-order valence-electron chi connectivity index (χ4n) is 1.52. The Morgan fingerprint density at radius 2 is 2.29 bits per heavy atom. The highest BCUT2D eigenvalue weighted by molar-refractivity contribution is 5.31. The van der Waals surface area contributed by atoms with E-state index < -0.39 is 0 Å². The van der Waals surface area contributed by atoms with Gasteiger partial charge >= 0.3 is 0 Å². The molecule has 17 heavy (non-hydrogen) atoms. The van der Waals surface area contributed by atoms with Gasteiger partial charge in [-0.15, -0.1) is 5.10 Å². The molecule has 0 saturated carbocycles. The van der Waals surface area contributed by atoms with Gasteiger partial charge in [-0.2, -0.15) is 0 Å². The number of ether oxygens (including phenoxy) is 1. The van der Waals surface area contributed by atoms with E-state index in [9.17, 15) is 4.39 Å². The summed E-state index contributed by atoms with van der Waals surface area (Å²) in [7, 11) is 1.43. The number of aromatic nitrogens is 3. The van der Waals surface area contributed by atoms with Crippen LogP contribution in [0.1, 0.15) is 11.3 Å². The van der Waals surface area contributed by atoms with Gasteiger partial charge < -0.3 is 10.5 Å². The molecule has 0 saturated heterocycles. The van der Waals surface area contributed by atoms with Gasteiger partial charge in [0, 0.05) is 12.1 Å². The molecule has 0 fully saturated rings. The number of rotatable bonds is 4. The highest BCUT2D eigenvalue weighted by atomic mass is 19.1. The van der Waals surface area contributed by atoms with Crippen molar-refractivity contribution < 1.29 is 9.13 Å². The summed E-state index contributed by atoms with van der Waals surface area (Å²) in [6.07, 6.45) is 1.69. The number of halogens is 1. The Labute approximate surface area is 98.0 Å². The molecule has 90 valence electrons. The second-order valence-electron chi connectivity index (χ2n) is 3.54. The molecular formula is C11H13FN4O. The molecule has 0 amide bonds. The quantitative estimate of drug-likeness (QED) is 0.857. The zero-order valence-electron chi connectivity index (χ0n) is 9.43. The van der Waals surface area contributed by atoms with Gasteiger partial charge in [-0.1, -0.05) is 17.3 Å². The molecule has 0 radical (unpaired) electrons. The Kier molecular flexibility index (Phi) is 3.34. The Balaban J connectivity index is 2.23. The van der Waals surface area contributed by atoms with Crippen LogP contribution in [0.25, 0.3) is 0 Å². The van der Waals surface area contributed by atoms with E-state index in [0.717, 1.165) is 0 Å². The lowest BCUT2D eigenvalue weighted by atomic mass is 10.2. The molecule has 0 aliphatic carbocycles. The lowest BCUT2D eigenvalue weighted by Crippen LogP contribution is -2.04. The summed E-state index contributed by atoms with van der Waals surface area (Å²) in [5.74, 6) is -0.151. The lowest BCUT2D eigenvalue weighted by molar-refractivity contribution is 0.383. The second kappa shape index (κ2) is 4.92. The third-order valence-corrected chi connectivity index (χ3v) is 2.39. The number of methoxy groups -OCH3 is 1. The zero-order chi connectivity index (χ0) is 12.3. The first-order valence-corrected chi connectivity index (χ1v) is 5.15. The number of nitrogens with two attached hydrogens (primary N) is 1. The predicted octanol–water partition coefficient (Wildman–Crippen LogP) is 0.933. The Bertz CT molecular complexity index is 512. The number of nitrogens with zero attached hydrogens (tertiary/aromatic N) is 3. The maximum atomic E-state index is 13.8. The van der Waals surface area contributed by atoms with Crippen LogP contribution >= 0.6 is 0 Å². The molecule has 5 nitrogen and oxygen atoms in total. The van der Waals surface area contributed by atoms with E-state index in [2.05, 4.69) is 10.3 Å². The lowest BCUT2D eigenvalue weighted by Gasteiger charge is -2.06. The number of hydrogen-bond acceptors (Lipinski definition) is 4. The van der Waals surface area contributed by atoms with Crippen LogP contribution in [0.2, 0.25) is 0 Å². The molecule has 1 aromatic heterocycles. The van der Waals surface area contributed by atoms with Gasteiger partial charge in [-0.05, 0) is 6.07 Å². The molecule has 0 spiro atoms. The summed E-state index contributed by atoms with van der Waals surface area (Å²) in [5, 5.41) is 7.70. The number of benzene rings is 1. The standard InChI is InChI=1S/C11H13FN4O/c1-17-10-4-2-3-8(11(10)12)6-16-7-9(5-13)14-15-16/h2-4,7H,5-6,13H2,1H3. The van der Waals surface area contributed by atoms with Crippen LogP contribution in [0, 0.1) is 5.82 Å². The summed E-state index contributed by atoms with van der Waals surface area (Å²) in [4.78, 5) is 0. The topological polar surface area (TPSA) is 66.0 Å². The summed E-state index contributed by atoms with van der Waals surface area (Å²) in [6, 6.07) is 4.99. The molecule has 2 N–H and O–H groups in total. The van der Waals surface area contributed by atoms with E-state index in [-0.39, 0.29) is 11.6 Å². The predicted molar refractivity (Wildman–Crippen MR) is 60.0 cm³/mol. The molecule has 0 atom stereocenters. The molecular weight excluding hydrogens is 223 g/mol. The first-order valence-electron chi connectivity index (χ1n) is 5.15. The average molecular weight is 236 g/mol. The van der Waals surface area contributed by atoms with Crippen molar-refractivity contribution in [2.75, 3.05) is 7.11 Å². The third-order valence-electron chi connectivity index (χ3n) is 2.39.